The first-order chi connectivity index (χ1) is 14.4. The lowest BCUT2D eigenvalue weighted by atomic mass is 10.0. The number of nitrogens with two attached hydrogens (primary N) is 1. The number of piperazine rings is 1. The van der Waals surface area contributed by atoms with Gasteiger partial charge in [-0.2, -0.15) is 5.10 Å². The van der Waals surface area contributed by atoms with Gasteiger partial charge in [0.25, 0.3) is 5.56 Å². The van der Waals surface area contributed by atoms with Gasteiger partial charge in [-0.3, -0.25) is 14.5 Å². The second-order valence-electron chi connectivity index (χ2n) is 8.09. The highest BCUT2D eigenvalue weighted by atomic mass is 16.1. The second kappa shape index (κ2) is 9.89. The van der Waals surface area contributed by atoms with E-state index < -0.39 is 0 Å². The van der Waals surface area contributed by atoms with E-state index in [4.69, 9.17) is 5.73 Å². The van der Waals surface area contributed by atoms with Crippen molar-refractivity contribution < 1.29 is 4.79 Å². The molecule has 1 aliphatic rings. The van der Waals surface area contributed by atoms with Gasteiger partial charge in [-0.1, -0.05) is 24.6 Å². The molecule has 1 fully saturated rings. The summed E-state index contributed by atoms with van der Waals surface area (Å²) in [6.45, 7) is 11.2. The normalized spacial score (nSPS) is 14.8. The Hall–Kier alpha value is -2.67. The quantitative estimate of drug-likeness (QED) is 0.672. The van der Waals surface area contributed by atoms with Crippen LogP contribution >= 0.6 is 0 Å². The standard InChI is InChI=1S/C23H33N5O2/c1-4-6-20(29)21-18(3)25-28(23(30)22(21)24)12-5-11-26-13-15-27(16-14-26)19-9-7-17(2)8-10-19/h7-10H,4-6,11-16,24H2,1-3H3. The number of rotatable bonds is 8. The van der Waals surface area contributed by atoms with Crippen LogP contribution in [0.5, 0.6) is 0 Å². The van der Waals surface area contributed by atoms with Crippen LogP contribution in [0.15, 0.2) is 29.1 Å². The summed E-state index contributed by atoms with van der Waals surface area (Å²) >= 11 is 0. The Morgan fingerprint density at radius 1 is 1.07 bits per heavy atom. The molecule has 0 unspecified atom stereocenters. The lowest BCUT2D eigenvalue weighted by Gasteiger charge is -2.36. The fourth-order valence-electron chi connectivity index (χ4n) is 4.00. The highest BCUT2D eigenvalue weighted by Gasteiger charge is 2.19. The van der Waals surface area contributed by atoms with Gasteiger partial charge in [-0.25, -0.2) is 4.68 Å². The number of nitrogen functional groups attached to an aromatic ring is 1. The molecule has 2 aromatic rings. The Morgan fingerprint density at radius 2 is 1.73 bits per heavy atom. The molecule has 0 aliphatic carbocycles. The predicted octanol–water partition coefficient (Wildman–Crippen LogP) is 2.64. The van der Waals surface area contributed by atoms with Crippen molar-refractivity contribution in [1.82, 2.24) is 14.7 Å². The van der Waals surface area contributed by atoms with Gasteiger partial charge >= 0.3 is 0 Å². The van der Waals surface area contributed by atoms with E-state index in [0.29, 0.717) is 24.2 Å². The van der Waals surface area contributed by atoms with Crippen LogP contribution < -0.4 is 16.2 Å². The summed E-state index contributed by atoms with van der Waals surface area (Å²) in [6, 6.07) is 8.68. The van der Waals surface area contributed by atoms with Crippen LogP contribution in [0.3, 0.4) is 0 Å². The SMILES string of the molecule is CCCC(=O)c1c(C)nn(CCCN2CCN(c3ccc(C)cc3)CC2)c(=O)c1N. The Bertz CT molecular complexity index is 928. The maximum Gasteiger partial charge on any atom is 0.290 e. The average Bonchev–Trinajstić information content (AvgIpc) is 2.73. The largest absolute Gasteiger partial charge is 0.394 e. The predicted molar refractivity (Wildman–Crippen MR) is 121 cm³/mol. The number of hydrogen-bond acceptors (Lipinski definition) is 6. The zero-order valence-corrected chi connectivity index (χ0v) is 18.4. The number of aryl methyl sites for hydroxylation is 3. The Labute approximate surface area is 178 Å². The summed E-state index contributed by atoms with van der Waals surface area (Å²) in [5.74, 6) is -0.101. The van der Waals surface area contributed by atoms with Crippen molar-refractivity contribution in [2.24, 2.45) is 0 Å². The third-order valence-corrected chi connectivity index (χ3v) is 5.74. The summed E-state index contributed by atoms with van der Waals surface area (Å²) in [5, 5.41) is 4.35. The van der Waals surface area contributed by atoms with Crippen LogP contribution in [0.25, 0.3) is 0 Å². The molecule has 0 bridgehead atoms. The molecule has 0 amide bonds. The number of ketones is 1. The van der Waals surface area contributed by atoms with E-state index in [0.717, 1.165) is 45.6 Å². The molecule has 1 aliphatic heterocycles. The molecule has 3 rings (SSSR count). The smallest absolute Gasteiger partial charge is 0.290 e. The topological polar surface area (TPSA) is 84.5 Å². The van der Waals surface area contributed by atoms with E-state index >= 15 is 0 Å². The van der Waals surface area contributed by atoms with Crippen molar-refractivity contribution in [2.45, 2.75) is 46.6 Å². The molecule has 0 radical (unpaired) electrons. The van der Waals surface area contributed by atoms with E-state index in [1.54, 1.807) is 6.92 Å². The van der Waals surface area contributed by atoms with E-state index in [9.17, 15) is 9.59 Å². The van der Waals surface area contributed by atoms with E-state index in [2.05, 4.69) is 46.1 Å². The van der Waals surface area contributed by atoms with Crippen LogP contribution in [0, 0.1) is 13.8 Å². The number of anilines is 2. The van der Waals surface area contributed by atoms with Crippen LogP contribution in [0.2, 0.25) is 0 Å². The summed E-state index contributed by atoms with van der Waals surface area (Å²) < 4.78 is 1.41. The van der Waals surface area contributed by atoms with Crippen molar-refractivity contribution in [3.8, 4) is 0 Å². The molecule has 2 heterocycles. The Kier molecular flexibility index (Phi) is 7.26. The number of carbonyl (C=O) groups is 1. The van der Waals surface area contributed by atoms with Crippen LogP contribution in [-0.4, -0.2) is 53.2 Å². The second-order valence-corrected chi connectivity index (χ2v) is 8.09. The van der Waals surface area contributed by atoms with Gasteiger partial charge in [0.1, 0.15) is 5.69 Å². The highest BCUT2D eigenvalue weighted by molar-refractivity contribution is 6.01. The first kappa shape index (κ1) is 22.0. The van der Waals surface area contributed by atoms with Crippen LogP contribution in [-0.2, 0) is 6.54 Å². The van der Waals surface area contributed by atoms with Crippen molar-refractivity contribution in [1.29, 1.82) is 0 Å². The molecule has 0 atom stereocenters. The number of benzene rings is 1. The molecule has 0 spiro atoms. The monoisotopic (exact) mass is 411 g/mol. The molecule has 1 aromatic carbocycles. The Balaban J connectivity index is 1.53. The lowest BCUT2D eigenvalue weighted by Crippen LogP contribution is -2.46. The van der Waals surface area contributed by atoms with Crippen molar-refractivity contribution in [3.05, 3.63) is 51.4 Å². The number of carbonyl (C=O) groups excluding carboxylic acids is 1. The third kappa shape index (κ3) is 5.08. The molecule has 2 N–H and O–H groups in total. The minimum atomic E-state index is -0.357. The molecular weight excluding hydrogens is 378 g/mol. The van der Waals surface area contributed by atoms with Gasteiger partial charge in [-0.15, -0.1) is 0 Å². The van der Waals surface area contributed by atoms with Gasteiger partial charge in [0, 0.05) is 51.4 Å². The first-order valence-electron chi connectivity index (χ1n) is 10.8. The average molecular weight is 412 g/mol. The van der Waals surface area contributed by atoms with Crippen molar-refractivity contribution in [3.63, 3.8) is 0 Å². The first-order valence-corrected chi connectivity index (χ1v) is 10.8. The van der Waals surface area contributed by atoms with E-state index in [1.165, 1.54) is 15.9 Å². The van der Waals surface area contributed by atoms with Gasteiger partial charge < -0.3 is 10.6 Å². The maximum atomic E-state index is 12.6. The third-order valence-electron chi connectivity index (χ3n) is 5.74. The highest BCUT2D eigenvalue weighted by Crippen LogP contribution is 2.17. The van der Waals surface area contributed by atoms with Gasteiger partial charge in [0.05, 0.1) is 11.3 Å². The number of nitrogens with zero attached hydrogens (tertiary/aromatic N) is 4. The number of Topliss-reactive ketones (excluding diaryl/α,β-unsaturated/α-hetero) is 1. The minimum Gasteiger partial charge on any atom is -0.394 e. The Morgan fingerprint density at radius 3 is 2.37 bits per heavy atom. The molecule has 1 saturated heterocycles. The molecule has 1 aromatic heterocycles. The molecule has 0 saturated carbocycles. The molecule has 7 nitrogen and oxygen atoms in total. The summed E-state index contributed by atoms with van der Waals surface area (Å²) in [7, 11) is 0. The maximum absolute atomic E-state index is 12.6. The fraction of sp³-hybridized carbons (Fsp3) is 0.522. The van der Waals surface area contributed by atoms with E-state index in [1.807, 2.05) is 6.92 Å². The minimum absolute atomic E-state index is 0.0349. The van der Waals surface area contributed by atoms with Crippen molar-refractivity contribution >= 4 is 17.2 Å². The zero-order valence-electron chi connectivity index (χ0n) is 18.4. The number of aromatic nitrogens is 2. The molecule has 162 valence electrons. The lowest BCUT2D eigenvalue weighted by molar-refractivity contribution is 0.0981. The molecule has 30 heavy (non-hydrogen) atoms. The fourth-order valence-corrected chi connectivity index (χ4v) is 4.00. The summed E-state index contributed by atoms with van der Waals surface area (Å²) in [4.78, 5) is 29.6. The molecular formula is C23H33N5O2. The number of hydrogen-bond donors (Lipinski definition) is 1. The van der Waals surface area contributed by atoms with Crippen molar-refractivity contribution in [2.75, 3.05) is 43.4 Å². The van der Waals surface area contributed by atoms with Gasteiger partial charge in [-0.05, 0) is 38.8 Å². The van der Waals surface area contributed by atoms with Gasteiger partial charge in [0.2, 0.25) is 0 Å². The van der Waals surface area contributed by atoms with Crippen LogP contribution in [0.1, 0.15) is 47.8 Å². The summed E-state index contributed by atoms with van der Waals surface area (Å²) in [5.41, 5.74) is 9.07. The molecule has 7 heteroatoms. The van der Waals surface area contributed by atoms with Gasteiger partial charge in [0.15, 0.2) is 5.78 Å². The zero-order chi connectivity index (χ0) is 21.7. The van der Waals surface area contributed by atoms with Crippen LogP contribution in [0.4, 0.5) is 11.4 Å². The van der Waals surface area contributed by atoms with E-state index in [-0.39, 0.29) is 17.0 Å². The summed E-state index contributed by atoms with van der Waals surface area (Å²) in [6.07, 6.45) is 1.92.